The summed E-state index contributed by atoms with van der Waals surface area (Å²) < 4.78 is 27.2. The third-order valence-corrected chi connectivity index (χ3v) is 6.68. The molecular weight excluding hydrogens is 360 g/mol. The number of aromatic nitrogens is 1. The first kappa shape index (κ1) is 16.8. The van der Waals surface area contributed by atoms with E-state index in [2.05, 4.69) is 0 Å². The van der Waals surface area contributed by atoms with Crippen LogP contribution in [0.15, 0.2) is 41.2 Å². The Morgan fingerprint density at radius 2 is 1.76 bits per heavy atom. The molecule has 0 unspecified atom stereocenters. The van der Waals surface area contributed by atoms with E-state index in [9.17, 15) is 13.2 Å². The lowest BCUT2D eigenvalue weighted by Crippen LogP contribution is -2.48. The lowest BCUT2D eigenvalue weighted by Gasteiger charge is -2.41. The van der Waals surface area contributed by atoms with Crippen molar-refractivity contribution in [1.82, 2.24) is 8.87 Å². The quantitative estimate of drug-likeness (QED) is 0.806. The van der Waals surface area contributed by atoms with Gasteiger partial charge in [-0.2, -0.15) is 0 Å². The number of hydrogen-bond acceptors (Lipinski definition) is 3. The zero-order valence-corrected chi connectivity index (χ0v) is 15.4. The molecule has 1 aromatic carbocycles. The number of sulfonamides is 1. The Labute approximate surface area is 151 Å². The van der Waals surface area contributed by atoms with Crippen molar-refractivity contribution in [2.24, 2.45) is 5.92 Å². The lowest BCUT2D eigenvalue weighted by atomic mass is 9.84. The van der Waals surface area contributed by atoms with Crippen molar-refractivity contribution >= 4 is 21.6 Å². The molecule has 2 atom stereocenters. The topological polar surface area (TPSA) is 59.4 Å². The highest BCUT2D eigenvalue weighted by atomic mass is 35.5. The zero-order chi connectivity index (χ0) is 17.8. The van der Waals surface area contributed by atoms with E-state index < -0.39 is 10.0 Å². The molecule has 2 aliphatic rings. The van der Waals surface area contributed by atoms with E-state index in [1.165, 1.54) is 6.26 Å². The molecular formula is C18H19ClN2O3S. The Morgan fingerprint density at radius 3 is 2.44 bits per heavy atom. The number of fused-ring (bicyclic) bond motifs is 4. The van der Waals surface area contributed by atoms with Gasteiger partial charge >= 0.3 is 0 Å². The van der Waals surface area contributed by atoms with Gasteiger partial charge < -0.3 is 4.57 Å². The number of benzene rings is 1. The summed E-state index contributed by atoms with van der Waals surface area (Å²) >= 11 is 5.93. The standard InChI is InChI=1S/C18H19ClN2O3S/c1-25(23,24)20-9-12-8-14(11-20)17-7-6-16(18(22)21(17)10-12)13-2-4-15(19)5-3-13/h2-7,12,14H,8-11H2,1H3/t12-,14-/m1/s1. The van der Waals surface area contributed by atoms with E-state index in [0.717, 1.165) is 17.7 Å². The fourth-order valence-electron chi connectivity index (χ4n) is 4.02. The van der Waals surface area contributed by atoms with Gasteiger partial charge in [-0.15, -0.1) is 0 Å². The monoisotopic (exact) mass is 378 g/mol. The van der Waals surface area contributed by atoms with Crippen molar-refractivity contribution in [2.45, 2.75) is 18.9 Å². The molecule has 5 nitrogen and oxygen atoms in total. The minimum absolute atomic E-state index is 0.0117. The van der Waals surface area contributed by atoms with Crippen LogP contribution in [0.25, 0.3) is 11.1 Å². The number of piperidine rings is 1. The highest BCUT2D eigenvalue weighted by Crippen LogP contribution is 2.36. The molecule has 25 heavy (non-hydrogen) atoms. The predicted octanol–water partition coefficient (Wildman–Crippen LogP) is 2.55. The van der Waals surface area contributed by atoms with E-state index in [-0.39, 0.29) is 17.4 Å². The van der Waals surface area contributed by atoms with Gasteiger partial charge in [0, 0.05) is 41.8 Å². The Morgan fingerprint density at radius 1 is 1.04 bits per heavy atom. The van der Waals surface area contributed by atoms with Crippen LogP contribution in [0.4, 0.5) is 0 Å². The molecule has 132 valence electrons. The third kappa shape index (κ3) is 3.03. The molecule has 2 bridgehead atoms. The summed E-state index contributed by atoms with van der Waals surface area (Å²) in [4.78, 5) is 13.0. The number of pyridine rings is 1. The lowest BCUT2D eigenvalue weighted by molar-refractivity contribution is 0.187. The van der Waals surface area contributed by atoms with Gasteiger partial charge in [-0.1, -0.05) is 23.7 Å². The fraction of sp³-hybridized carbons (Fsp3) is 0.389. The van der Waals surface area contributed by atoms with Gasteiger partial charge in [0.15, 0.2) is 0 Å². The molecule has 3 heterocycles. The second-order valence-electron chi connectivity index (χ2n) is 6.97. The van der Waals surface area contributed by atoms with Crippen molar-refractivity contribution < 1.29 is 8.42 Å². The van der Waals surface area contributed by atoms with E-state index in [1.54, 1.807) is 16.4 Å². The number of hydrogen-bond donors (Lipinski definition) is 0. The summed E-state index contributed by atoms with van der Waals surface area (Å²) in [7, 11) is -3.20. The molecule has 0 spiro atoms. The Kier molecular flexibility index (Phi) is 4.02. The highest BCUT2D eigenvalue weighted by molar-refractivity contribution is 7.88. The van der Waals surface area contributed by atoms with Crippen molar-refractivity contribution in [3.63, 3.8) is 0 Å². The van der Waals surface area contributed by atoms with Crippen molar-refractivity contribution in [1.29, 1.82) is 0 Å². The molecule has 0 aliphatic carbocycles. The SMILES string of the molecule is CS(=O)(=O)N1C[C@H]2C[C@H](C1)c1ccc(-c3ccc(Cl)cc3)c(=O)n1C2. The van der Waals surface area contributed by atoms with Crippen molar-refractivity contribution in [3.8, 4) is 11.1 Å². The van der Waals surface area contributed by atoms with Gasteiger partial charge in [-0.25, -0.2) is 12.7 Å². The van der Waals surface area contributed by atoms with Gasteiger partial charge in [0.1, 0.15) is 0 Å². The van der Waals surface area contributed by atoms with E-state index in [4.69, 9.17) is 11.6 Å². The summed E-state index contributed by atoms with van der Waals surface area (Å²) in [5.41, 5.74) is 2.42. The average Bonchev–Trinajstić information content (AvgIpc) is 2.56. The molecule has 2 aromatic rings. The summed E-state index contributed by atoms with van der Waals surface area (Å²) in [5.74, 6) is 0.258. The molecule has 2 aliphatic heterocycles. The predicted molar refractivity (Wildman–Crippen MR) is 98.4 cm³/mol. The number of rotatable bonds is 2. The first-order valence-corrected chi connectivity index (χ1v) is 10.5. The highest BCUT2D eigenvalue weighted by Gasteiger charge is 2.37. The zero-order valence-electron chi connectivity index (χ0n) is 13.9. The summed E-state index contributed by atoms with van der Waals surface area (Å²) in [6, 6.07) is 11.1. The molecule has 7 heteroatoms. The third-order valence-electron chi connectivity index (χ3n) is 5.19. The van der Waals surface area contributed by atoms with Crippen LogP contribution in [0.3, 0.4) is 0 Å². The molecule has 0 saturated carbocycles. The minimum Gasteiger partial charge on any atom is -0.311 e. The second kappa shape index (κ2) is 5.97. The molecule has 4 rings (SSSR count). The average molecular weight is 379 g/mol. The first-order chi connectivity index (χ1) is 11.8. The maximum absolute atomic E-state index is 13.0. The largest absolute Gasteiger partial charge is 0.311 e. The van der Waals surface area contributed by atoms with Crippen LogP contribution in [-0.4, -0.2) is 36.6 Å². The maximum atomic E-state index is 13.0. The van der Waals surface area contributed by atoms with Crippen LogP contribution in [0, 0.1) is 5.92 Å². The molecule has 0 amide bonds. The Hall–Kier alpha value is -1.63. The Bertz CT molecular complexity index is 982. The Balaban J connectivity index is 1.76. The van der Waals surface area contributed by atoms with Crippen molar-refractivity contribution in [3.05, 3.63) is 57.5 Å². The van der Waals surface area contributed by atoms with Gasteiger partial charge in [0.25, 0.3) is 5.56 Å². The normalized spacial score (nSPS) is 23.3. The van der Waals surface area contributed by atoms with Crippen molar-refractivity contribution in [2.75, 3.05) is 19.3 Å². The van der Waals surface area contributed by atoms with E-state index >= 15 is 0 Å². The van der Waals surface area contributed by atoms with Crippen LogP contribution in [0.5, 0.6) is 0 Å². The maximum Gasteiger partial charge on any atom is 0.258 e. The van der Waals surface area contributed by atoms with Gasteiger partial charge in [-0.3, -0.25) is 4.79 Å². The summed E-state index contributed by atoms with van der Waals surface area (Å²) in [6.45, 7) is 1.51. The number of nitrogens with zero attached hydrogens (tertiary/aromatic N) is 2. The van der Waals surface area contributed by atoms with Crippen LogP contribution in [0.1, 0.15) is 18.0 Å². The number of halogens is 1. The molecule has 1 aromatic heterocycles. The smallest absolute Gasteiger partial charge is 0.258 e. The van der Waals surface area contributed by atoms with E-state index in [0.29, 0.717) is 30.2 Å². The van der Waals surface area contributed by atoms with Gasteiger partial charge in [0.2, 0.25) is 10.0 Å². The molecule has 1 fully saturated rings. The minimum atomic E-state index is -3.20. The van der Waals surface area contributed by atoms with Crippen LogP contribution >= 0.6 is 11.6 Å². The molecule has 0 radical (unpaired) electrons. The summed E-state index contributed by atoms with van der Waals surface area (Å²) in [6.07, 6.45) is 2.19. The first-order valence-electron chi connectivity index (χ1n) is 8.28. The molecule has 0 N–H and O–H groups in total. The molecule has 1 saturated heterocycles. The van der Waals surface area contributed by atoms with E-state index in [1.807, 2.05) is 28.8 Å². The van der Waals surface area contributed by atoms with Crippen LogP contribution < -0.4 is 5.56 Å². The van der Waals surface area contributed by atoms with Crippen LogP contribution in [0.2, 0.25) is 5.02 Å². The fourth-order valence-corrected chi connectivity index (χ4v) is 5.08. The van der Waals surface area contributed by atoms with Gasteiger partial charge in [0.05, 0.1) is 6.26 Å². The van der Waals surface area contributed by atoms with Gasteiger partial charge in [-0.05, 0) is 42.2 Å². The summed E-state index contributed by atoms with van der Waals surface area (Å²) in [5, 5.41) is 0.636. The van der Waals surface area contributed by atoms with Crippen LogP contribution in [-0.2, 0) is 16.6 Å². The second-order valence-corrected chi connectivity index (χ2v) is 9.39.